The van der Waals surface area contributed by atoms with Crippen LogP contribution in [-0.2, 0) is 19.6 Å². The van der Waals surface area contributed by atoms with Crippen molar-refractivity contribution < 1.29 is 22.7 Å². The van der Waals surface area contributed by atoms with Gasteiger partial charge in [-0.2, -0.15) is 0 Å². The van der Waals surface area contributed by atoms with E-state index in [-0.39, 0.29) is 15.5 Å². The van der Waals surface area contributed by atoms with Crippen LogP contribution >= 0.6 is 23.2 Å². The number of carbonyl (C=O) groups is 2. The maximum atomic E-state index is 12.0. The molecule has 0 saturated heterocycles. The van der Waals surface area contributed by atoms with Gasteiger partial charge in [0.2, 0.25) is 10.0 Å². The lowest BCUT2D eigenvalue weighted by molar-refractivity contribution is -0.119. The number of amides is 1. The van der Waals surface area contributed by atoms with E-state index >= 15 is 0 Å². The average Bonchev–Trinajstić information content (AvgIpc) is 2.62. The molecule has 0 saturated carbocycles. The normalized spacial score (nSPS) is 11.3. The van der Waals surface area contributed by atoms with Crippen molar-refractivity contribution in [3.05, 3.63) is 58.1 Å². The molecule has 0 aromatic heterocycles. The molecule has 0 aliphatic carbocycles. The van der Waals surface area contributed by atoms with E-state index < -0.39 is 28.5 Å². The summed E-state index contributed by atoms with van der Waals surface area (Å²) in [6, 6.07) is 9.76. The SMILES string of the molecule is CN(C)S(=O)(=O)c1ccc(C(=O)OCC(=O)Nc2cc(Cl)ccc2Cl)cc1. The number of benzene rings is 2. The van der Waals surface area contributed by atoms with Gasteiger partial charge in [-0.05, 0) is 42.5 Å². The van der Waals surface area contributed by atoms with Crippen LogP contribution in [0.3, 0.4) is 0 Å². The van der Waals surface area contributed by atoms with Crippen LogP contribution < -0.4 is 5.32 Å². The number of esters is 1. The summed E-state index contributed by atoms with van der Waals surface area (Å²) in [5.74, 6) is -1.37. The van der Waals surface area contributed by atoms with Gasteiger partial charge in [-0.3, -0.25) is 4.79 Å². The molecule has 0 aliphatic heterocycles. The number of halogens is 2. The van der Waals surface area contributed by atoms with Crippen molar-refractivity contribution in [3.63, 3.8) is 0 Å². The Morgan fingerprint density at radius 1 is 1.07 bits per heavy atom. The molecule has 144 valence electrons. The second kappa shape index (κ2) is 8.71. The van der Waals surface area contributed by atoms with Gasteiger partial charge in [-0.1, -0.05) is 23.2 Å². The zero-order chi connectivity index (χ0) is 20.2. The molecule has 2 rings (SSSR count). The highest BCUT2D eigenvalue weighted by atomic mass is 35.5. The van der Waals surface area contributed by atoms with Crippen LogP contribution in [-0.4, -0.2) is 45.3 Å². The molecule has 1 amide bonds. The maximum Gasteiger partial charge on any atom is 0.338 e. The van der Waals surface area contributed by atoms with Crippen molar-refractivity contribution in [2.45, 2.75) is 4.90 Å². The lowest BCUT2D eigenvalue weighted by Crippen LogP contribution is -2.22. The predicted octanol–water partition coefficient (Wildman–Crippen LogP) is 3.04. The number of carbonyl (C=O) groups excluding carboxylic acids is 2. The predicted molar refractivity (Wildman–Crippen MR) is 103 cm³/mol. The van der Waals surface area contributed by atoms with E-state index in [4.69, 9.17) is 27.9 Å². The lowest BCUT2D eigenvalue weighted by atomic mass is 10.2. The molecule has 0 unspecified atom stereocenters. The second-order valence-corrected chi connectivity index (χ2v) is 8.56. The van der Waals surface area contributed by atoms with Crippen LogP contribution in [0.25, 0.3) is 0 Å². The zero-order valence-electron chi connectivity index (χ0n) is 14.4. The van der Waals surface area contributed by atoms with Gasteiger partial charge in [0.25, 0.3) is 5.91 Å². The van der Waals surface area contributed by atoms with Crippen LogP contribution in [0.4, 0.5) is 5.69 Å². The fourth-order valence-corrected chi connectivity index (χ4v) is 3.21. The second-order valence-electron chi connectivity index (χ2n) is 5.56. The monoisotopic (exact) mass is 430 g/mol. The zero-order valence-corrected chi connectivity index (χ0v) is 16.7. The Balaban J connectivity index is 1.97. The molecule has 27 heavy (non-hydrogen) atoms. The van der Waals surface area contributed by atoms with E-state index in [1.54, 1.807) is 6.07 Å². The Morgan fingerprint density at radius 3 is 2.30 bits per heavy atom. The van der Waals surface area contributed by atoms with Crippen molar-refractivity contribution in [2.75, 3.05) is 26.0 Å². The Morgan fingerprint density at radius 2 is 1.70 bits per heavy atom. The quantitative estimate of drug-likeness (QED) is 0.710. The molecule has 0 heterocycles. The molecule has 2 aromatic rings. The fraction of sp³-hybridized carbons (Fsp3) is 0.176. The number of sulfonamides is 1. The molecule has 0 radical (unpaired) electrons. The Hall–Kier alpha value is -2.13. The number of rotatable bonds is 6. The third kappa shape index (κ3) is 5.43. The minimum atomic E-state index is -3.59. The first-order valence-electron chi connectivity index (χ1n) is 7.56. The van der Waals surface area contributed by atoms with Gasteiger partial charge in [0, 0.05) is 19.1 Å². The van der Waals surface area contributed by atoms with E-state index in [9.17, 15) is 18.0 Å². The Bertz CT molecular complexity index is 960. The number of ether oxygens (including phenoxy) is 1. The lowest BCUT2D eigenvalue weighted by Gasteiger charge is -2.11. The summed E-state index contributed by atoms with van der Waals surface area (Å²) in [5, 5.41) is 3.16. The summed E-state index contributed by atoms with van der Waals surface area (Å²) >= 11 is 11.8. The topological polar surface area (TPSA) is 92.8 Å². The average molecular weight is 431 g/mol. The summed E-state index contributed by atoms with van der Waals surface area (Å²) in [4.78, 5) is 23.9. The molecule has 0 spiro atoms. The van der Waals surface area contributed by atoms with Crippen molar-refractivity contribution in [2.24, 2.45) is 0 Å². The van der Waals surface area contributed by atoms with Crippen LogP contribution in [0.2, 0.25) is 10.0 Å². The largest absolute Gasteiger partial charge is 0.452 e. The molecule has 0 aliphatic rings. The first-order valence-corrected chi connectivity index (χ1v) is 9.75. The number of nitrogens with one attached hydrogen (secondary N) is 1. The molecule has 0 bridgehead atoms. The summed E-state index contributed by atoms with van der Waals surface area (Å²) in [7, 11) is -0.783. The van der Waals surface area contributed by atoms with Crippen LogP contribution in [0, 0.1) is 0 Å². The number of nitrogens with zero attached hydrogens (tertiary/aromatic N) is 1. The van der Waals surface area contributed by atoms with E-state index in [0.29, 0.717) is 10.7 Å². The Kier molecular flexibility index (Phi) is 6.83. The number of hydrogen-bond donors (Lipinski definition) is 1. The molecule has 10 heteroatoms. The van der Waals surface area contributed by atoms with E-state index in [2.05, 4.69) is 5.32 Å². The van der Waals surface area contributed by atoms with Crippen LogP contribution in [0.5, 0.6) is 0 Å². The van der Waals surface area contributed by atoms with Crippen molar-refractivity contribution in [3.8, 4) is 0 Å². The first-order chi connectivity index (χ1) is 12.6. The van der Waals surface area contributed by atoms with E-state index in [1.807, 2.05) is 0 Å². The molecule has 0 fully saturated rings. The molecular weight excluding hydrogens is 415 g/mol. The standard InChI is InChI=1S/C17H16Cl2N2O5S/c1-21(2)27(24,25)13-6-3-11(4-7-13)17(23)26-10-16(22)20-15-9-12(18)5-8-14(15)19/h3-9H,10H2,1-2H3,(H,20,22). The van der Waals surface area contributed by atoms with Gasteiger partial charge in [0.1, 0.15) is 0 Å². The summed E-state index contributed by atoms with van der Waals surface area (Å²) in [5.41, 5.74) is 0.407. The molecule has 2 aromatic carbocycles. The van der Waals surface area contributed by atoms with Gasteiger partial charge in [0.15, 0.2) is 6.61 Å². The van der Waals surface area contributed by atoms with Crippen LogP contribution in [0.15, 0.2) is 47.4 Å². The highest BCUT2D eigenvalue weighted by Crippen LogP contribution is 2.25. The van der Waals surface area contributed by atoms with Gasteiger partial charge in [-0.25, -0.2) is 17.5 Å². The third-order valence-corrected chi connectivity index (χ3v) is 5.80. The molecule has 0 atom stereocenters. The van der Waals surface area contributed by atoms with Crippen molar-refractivity contribution in [1.29, 1.82) is 0 Å². The van der Waals surface area contributed by atoms with Gasteiger partial charge in [0.05, 0.1) is 21.2 Å². The number of anilines is 1. The Labute approximate surface area is 166 Å². The molecule has 7 nitrogen and oxygen atoms in total. The van der Waals surface area contributed by atoms with Crippen molar-refractivity contribution >= 4 is 50.8 Å². The molecule has 1 N–H and O–H groups in total. The minimum absolute atomic E-state index is 0.0393. The molecular formula is C17H16Cl2N2O5S. The summed E-state index contributed by atoms with van der Waals surface area (Å²) in [6.45, 7) is -0.542. The smallest absolute Gasteiger partial charge is 0.338 e. The fourth-order valence-electron chi connectivity index (χ4n) is 1.97. The van der Waals surface area contributed by atoms with Gasteiger partial charge in [-0.15, -0.1) is 0 Å². The summed E-state index contributed by atoms with van der Waals surface area (Å²) in [6.07, 6.45) is 0. The van der Waals surface area contributed by atoms with E-state index in [1.165, 1.54) is 50.5 Å². The van der Waals surface area contributed by atoms with E-state index in [0.717, 1.165) is 4.31 Å². The highest BCUT2D eigenvalue weighted by Gasteiger charge is 2.18. The van der Waals surface area contributed by atoms with Gasteiger partial charge < -0.3 is 10.1 Å². The minimum Gasteiger partial charge on any atom is -0.452 e. The summed E-state index contributed by atoms with van der Waals surface area (Å²) < 4.78 is 30.0. The van der Waals surface area contributed by atoms with Crippen molar-refractivity contribution in [1.82, 2.24) is 4.31 Å². The third-order valence-electron chi connectivity index (χ3n) is 3.41. The van der Waals surface area contributed by atoms with Crippen LogP contribution in [0.1, 0.15) is 10.4 Å². The highest BCUT2D eigenvalue weighted by molar-refractivity contribution is 7.89. The maximum absolute atomic E-state index is 12.0. The first kappa shape index (κ1) is 21.2. The van der Waals surface area contributed by atoms with Gasteiger partial charge >= 0.3 is 5.97 Å². The number of hydrogen-bond acceptors (Lipinski definition) is 5.